The number of methoxy groups -OCH3 is 2. The van der Waals surface area contributed by atoms with Crippen molar-refractivity contribution in [2.45, 2.75) is 33.5 Å². The quantitative estimate of drug-likeness (QED) is 0.284. The Bertz CT molecular complexity index is 1450. The number of esters is 1. The average molecular weight is 489 g/mol. The lowest BCUT2D eigenvalue weighted by atomic mass is 10.1. The average Bonchev–Trinajstić information content (AvgIpc) is 2.87. The number of carbonyl (C=O) groups excluding carboxylic acids is 1. The summed E-state index contributed by atoms with van der Waals surface area (Å²) < 4.78 is 28.3. The first-order valence-corrected chi connectivity index (χ1v) is 11.5. The molecule has 0 aliphatic rings. The molecule has 0 radical (unpaired) electrons. The van der Waals surface area contributed by atoms with Crippen LogP contribution in [0.5, 0.6) is 17.2 Å². The number of aryl methyl sites for hydroxylation is 1. The molecule has 0 atom stereocenters. The molecule has 36 heavy (non-hydrogen) atoms. The number of hydrogen-bond donors (Lipinski definition) is 0. The molecule has 7 nitrogen and oxygen atoms in total. The fourth-order valence-electron chi connectivity index (χ4n) is 3.76. The van der Waals surface area contributed by atoms with Crippen LogP contribution in [0.15, 0.2) is 69.9 Å². The van der Waals surface area contributed by atoms with E-state index in [1.807, 2.05) is 19.1 Å². The van der Waals surface area contributed by atoms with Crippen molar-refractivity contribution in [1.29, 1.82) is 0 Å². The summed E-state index contributed by atoms with van der Waals surface area (Å²) >= 11 is 0. The highest BCUT2D eigenvalue weighted by atomic mass is 16.5. The van der Waals surface area contributed by atoms with Crippen LogP contribution in [-0.4, -0.2) is 26.3 Å². The van der Waals surface area contributed by atoms with Crippen LogP contribution < -0.4 is 19.6 Å². The second kappa shape index (κ2) is 10.6. The van der Waals surface area contributed by atoms with E-state index < -0.39 is 5.97 Å². The number of hydrogen-bond acceptors (Lipinski definition) is 7. The van der Waals surface area contributed by atoms with Crippen LogP contribution in [-0.2, 0) is 11.3 Å². The SMILES string of the molecule is COc1ccc(-c2oc3cc(C)ccc3c(=O)c2OCc2ccc(C(=O)OC(C)C)cc2)cc1OC. The third-order valence-corrected chi connectivity index (χ3v) is 5.57. The smallest absolute Gasteiger partial charge is 0.338 e. The van der Waals surface area contributed by atoms with Gasteiger partial charge in [-0.15, -0.1) is 0 Å². The minimum absolute atomic E-state index is 0.0851. The number of benzene rings is 3. The summed E-state index contributed by atoms with van der Waals surface area (Å²) in [6, 6.07) is 17.5. The van der Waals surface area contributed by atoms with Gasteiger partial charge in [0.15, 0.2) is 17.3 Å². The van der Waals surface area contributed by atoms with Gasteiger partial charge in [-0.2, -0.15) is 0 Å². The summed E-state index contributed by atoms with van der Waals surface area (Å²) in [5.41, 5.74) is 2.98. The van der Waals surface area contributed by atoms with Crippen molar-refractivity contribution in [2.75, 3.05) is 14.2 Å². The fourth-order valence-corrected chi connectivity index (χ4v) is 3.76. The molecular formula is C29H28O7. The molecule has 4 rings (SSSR count). The van der Waals surface area contributed by atoms with E-state index in [0.29, 0.717) is 33.6 Å². The zero-order valence-electron chi connectivity index (χ0n) is 20.9. The zero-order chi connectivity index (χ0) is 25.8. The van der Waals surface area contributed by atoms with Gasteiger partial charge in [0.25, 0.3) is 0 Å². The third-order valence-electron chi connectivity index (χ3n) is 5.57. The van der Waals surface area contributed by atoms with Crippen molar-refractivity contribution in [3.63, 3.8) is 0 Å². The van der Waals surface area contributed by atoms with Gasteiger partial charge in [-0.1, -0.05) is 18.2 Å². The molecule has 0 aliphatic heterocycles. The predicted molar refractivity (Wildman–Crippen MR) is 137 cm³/mol. The minimum Gasteiger partial charge on any atom is -0.493 e. The Kier molecular flexibility index (Phi) is 7.29. The molecule has 7 heteroatoms. The van der Waals surface area contributed by atoms with Crippen LogP contribution in [0.3, 0.4) is 0 Å². The largest absolute Gasteiger partial charge is 0.493 e. The summed E-state index contributed by atoms with van der Waals surface area (Å²) in [7, 11) is 3.10. The molecule has 0 saturated carbocycles. The van der Waals surface area contributed by atoms with E-state index in [1.54, 1.807) is 76.6 Å². The number of fused-ring (bicyclic) bond motifs is 1. The van der Waals surface area contributed by atoms with Crippen molar-refractivity contribution in [3.05, 3.63) is 87.6 Å². The molecule has 0 spiro atoms. The van der Waals surface area contributed by atoms with Gasteiger partial charge in [0.05, 0.1) is 31.3 Å². The molecule has 0 N–H and O–H groups in total. The van der Waals surface area contributed by atoms with E-state index in [9.17, 15) is 9.59 Å². The Morgan fingerprint density at radius 1 is 0.917 bits per heavy atom. The second-order valence-electron chi connectivity index (χ2n) is 8.60. The zero-order valence-corrected chi connectivity index (χ0v) is 20.9. The van der Waals surface area contributed by atoms with Gasteiger partial charge in [0.2, 0.25) is 11.2 Å². The van der Waals surface area contributed by atoms with E-state index in [1.165, 1.54) is 0 Å². The van der Waals surface area contributed by atoms with Crippen LogP contribution in [0.4, 0.5) is 0 Å². The lowest BCUT2D eigenvalue weighted by Crippen LogP contribution is -2.12. The molecule has 1 aromatic heterocycles. The number of carbonyl (C=O) groups is 1. The summed E-state index contributed by atoms with van der Waals surface area (Å²) in [5, 5.41) is 0.423. The summed E-state index contributed by atoms with van der Waals surface area (Å²) in [6.07, 6.45) is -0.202. The van der Waals surface area contributed by atoms with E-state index in [4.69, 9.17) is 23.4 Å². The van der Waals surface area contributed by atoms with Crippen molar-refractivity contribution < 1.29 is 28.2 Å². The van der Waals surface area contributed by atoms with E-state index in [2.05, 4.69) is 0 Å². The van der Waals surface area contributed by atoms with Crippen molar-refractivity contribution in [1.82, 2.24) is 0 Å². The molecule has 0 aliphatic carbocycles. The highest BCUT2D eigenvalue weighted by molar-refractivity contribution is 5.89. The van der Waals surface area contributed by atoms with Crippen LogP contribution in [0.25, 0.3) is 22.3 Å². The minimum atomic E-state index is -0.390. The van der Waals surface area contributed by atoms with E-state index in [-0.39, 0.29) is 29.6 Å². The van der Waals surface area contributed by atoms with Crippen molar-refractivity contribution >= 4 is 16.9 Å². The number of rotatable bonds is 8. The Hall–Kier alpha value is -4.26. The van der Waals surface area contributed by atoms with Crippen molar-refractivity contribution in [2.24, 2.45) is 0 Å². The highest BCUT2D eigenvalue weighted by Gasteiger charge is 2.20. The fraction of sp³-hybridized carbons (Fsp3) is 0.241. The molecule has 1 heterocycles. The molecule has 0 bridgehead atoms. The molecule has 0 fully saturated rings. The highest BCUT2D eigenvalue weighted by Crippen LogP contribution is 2.37. The van der Waals surface area contributed by atoms with Crippen LogP contribution in [0, 0.1) is 6.92 Å². The monoisotopic (exact) mass is 488 g/mol. The standard InChI is InChI=1S/C29H28O7/c1-17(2)35-29(31)20-9-7-19(8-10-20)16-34-28-26(30)22-12-6-18(3)14-24(22)36-27(28)21-11-13-23(32-4)25(15-21)33-5/h6-15,17H,16H2,1-5H3. The normalized spacial score (nSPS) is 10.9. The first kappa shape index (κ1) is 24.9. The Balaban J connectivity index is 1.72. The topological polar surface area (TPSA) is 84.2 Å². The molecule has 0 unspecified atom stereocenters. The Labute approximate surface area is 209 Å². The van der Waals surface area contributed by atoms with Gasteiger partial charge in [0, 0.05) is 5.56 Å². The second-order valence-corrected chi connectivity index (χ2v) is 8.60. The molecular weight excluding hydrogens is 460 g/mol. The molecule has 0 amide bonds. The molecule has 3 aromatic carbocycles. The maximum atomic E-state index is 13.5. The molecule has 0 saturated heterocycles. The lowest BCUT2D eigenvalue weighted by Gasteiger charge is -2.14. The number of ether oxygens (including phenoxy) is 4. The van der Waals surface area contributed by atoms with Crippen LogP contribution >= 0.6 is 0 Å². The Morgan fingerprint density at radius 2 is 1.64 bits per heavy atom. The first-order chi connectivity index (χ1) is 17.3. The van der Waals surface area contributed by atoms with Gasteiger partial charge < -0.3 is 23.4 Å². The van der Waals surface area contributed by atoms with Crippen LogP contribution in [0.1, 0.15) is 35.3 Å². The van der Waals surface area contributed by atoms with Gasteiger partial charge in [-0.3, -0.25) is 4.79 Å². The van der Waals surface area contributed by atoms with Gasteiger partial charge in [-0.25, -0.2) is 4.79 Å². The van der Waals surface area contributed by atoms with Crippen LogP contribution in [0.2, 0.25) is 0 Å². The maximum absolute atomic E-state index is 13.5. The maximum Gasteiger partial charge on any atom is 0.338 e. The van der Waals surface area contributed by atoms with Crippen molar-refractivity contribution in [3.8, 4) is 28.6 Å². The molecule has 4 aromatic rings. The van der Waals surface area contributed by atoms with E-state index >= 15 is 0 Å². The lowest BCUT2D eigenvalue weighted by molar-refractivity contribution is 0.0378. The Morgan fingerprint density at radius 3 is 2.31 bits per heavy atom. The van der Waals surface area contributed by atoms with Gasteiger partial charge in [-0.05, 0) is 74.4 Å². The first-order valence-electron chi connectivity index (χ1n) is 11.5. The predicted octanol–water partition coefficient (Wildman–Crippen LogP) is 5.93. The molecule has 186 valence electrons. The van der Waals surface area contributed by atoms with E-state index in [0.717, 1.165) is 11.1 Å². The summed E-state index contributed by atoms with van der Waals surface area (Å²) in [4.78, 5) is 25.6. The summed E-state index contributed by atoms with van der Waals surface area (Å²) in [6.45, 7) is 5.63. The van der Waals surface area contributed by atoms with Gasteiger partial charge >= 0.3 is 5.97 Å². The van der Waals surface area contributed by atoms with Gasteiger partial charge in [0.1, 0.15) is 12.2 Å². The third kappa shape index (κ3) is 5.20. The summed E-state index contributed by atoms with van der Waals surface area (Å²) in [5.74, 6) is 1.03.